The number of aliphatic hydroxyl groups excluding tert-OH is 1. The minimum Gasteiger partial charge on any atom is -0.398 e. The van der Waals surface area contributed by atoms with Crippen LogP contribution in [0.3, 0.4) is 0 Å². The summed E-state index contributed by atoms with van der Waals surface area (Å²) in [5.74, 6) is 0. The number of hydrogen-bond acceptors (Lipinski definition) is 4. The number of aryl methyl sites for hydroxylation is 1. The smallest absolute Gasteiger partial charge is 0.124 e. The average Bonchev–Trinajstić information content (AvgIpc) is 2.78. The molecule has 0 aliphatic rings. The zero-order valence-electron chi connectivity index (χ0n) is 9.74. The van der Waals surface area contributed by atoms with Gasteiger partial charge in [0.2, 0.25) is 0 Å². The predicted octanol–water partition coefficient (Wildman–Crippen LogP) is 1.35. The molecular weight excluding hydrogens is 216 g/mol. The highest BCUT2D eigenvalue weighted by Crippen LogP contribution is 2.25. The SMILES string of the molecule is CCCn1cncc1C(O)c1cnccc1N. The van der Waals surface area contributed by atoms with Crippen LogP contribution in [0.15, 0.2) is 31.0 Å². The maximum Gasteiger partial charge on any atom is 0.124 e. The maximum atomic E-state index is 10.3. The highest BCUT2D eigenvalue weighted by atomic mass is 16.3. The third-order valence-electron chi connectivity index (χ3n) is 2.67. The number of pyridine rings is 1. The first-order valence-corrected chi connectivity index (χ1v) is 5.61. The zero-order valence-corrected chi connectivity index (χ0v) is 9.74. The zero-order chi connectivity index (χ0) is 12.3. The van der Waals surface area contributed by atoms with Crippen LogP contribution in [0.1, 0.15) is 30.7 Å². The number of rotatable bonds is 4. The normalized spacial score (nSPS) is 12.6. The lowest BCUT2D eigenvalue weighted by atomic mass is 10.1. The van der Waals surface area contributed by atoms with E-state index >= 15 is 0 Å². The molecule has 0 aromatic carbocycles. The van der Waals surface area contributed by atoms with Gasteiger partial charge in [-0.05, 0) is 12.5 Å². The Bertz CT molecular complexity index is 495. The van der Waals surface area contributed by atoms with E-state index in [1.165, 1.54) is 0 Å². The van der Waals surface area contributed by atoms with E-state index in [0.29, 0.717) is 11.3 Å². The molecule has 0 saturated carbocycles. The third-order valence-corrected chi connectivity index (χ3v) is 2.67. The van der Waals surface area contributed by atoms with Crippen LogP contribution in [0.5, 0.6) is 0 Å². The monoisotopic (exact) mass is 232 g/mol. The summed E-state index contributed by atoms with van der Waals surface area (Å²) in [6, 6.07) is 1.68. The fourth-order valence-electron chi connectivity index (χ4n) is 1.79. The Balaban J connectivity index is 2.34. The molecule has 0 bridgehead atoms. The highest BCUT2D eigenvalue weighted by Gasteiger charge is 2.17. The molecule has 17 heavy (non-hydrogen) atoms. The van der Waals surface area contributed by atoms with Crippen molar-refractivity contribution in [1.82, 2.24) is 14.5 Å². The molecule has 0 amide bonds. The van der Waals surface area contributed by atoms with E-state index < -0.39 is 6.10 Å². The molecule has 2 aromatic heterocycles. The van der Waals surface area contributed by atoms with Crippen LogP contribution in [0.25, 0.3) is 0 Å². The summed E-state index contributed by atoms with van der Waals surface area (Å²) in [4.78, 5) is 8.04. The van der Waals surface area contributed by atoms with Crippen LogP contribution >= 0.6 is 0 Å². The number of imidazole rings is 1. The van der Waals surface area contributed by atoms with Gasteiger partial charge in [0.15, 0.2) is 0 Å². The lowest BCUT2D eigenvalue weighted by Crippen LogP contribution is -2.10. The second-order valence-electron chi connectivity index (χ2n) is 3.92. The van der Waals surface area contributed by atoms with Crippen molar-refractivity contribution >= 4 is 5.69 Å². The number of aliphatic hydroxyl groups is 1. The molecule has 0 aliphatic heterocycles. The Morgan fingerprint density at radius 2 is 2.24 bits per heavy atom. The predicted molar refractivity (Wildman–Crippen MR) is 65.2 cm³/mol. The van der Waals surface area contributed by atoms with Gasteiger partial charge in [0.1, 0.15) is 6.10 Å². The van der Waals surface area contributed by atoms with Crippen molar-refractivity contribution in [3.05, 3.63) is 42.2 Å². The summed E-state index contributed by atoms with van der Waals surface area (Å²) >= 11 is 0. The van der Waals surface area contributed by atoms with Gasteiger partial charge in [0.25, 0.3) is 0 Å². The number of hydrogen-bond donors (Lipinski definition) is 2. The minimum atomic E-state index is -0.780. The number of nitrogens with two attached hydrogens (primary N) is 1. The van der Waals surface area contributed by atoms with Gasteiger partial charge in [-0.2, -0.15) is 0 Å². The molecule has 0 saturated heterocycles. The van der Waals surface area contributed by atoms with E-state index in [1.54, 1.807) is 31.0 Å². The molecule has 0 aliphatic carbocycles. The number of aromatic nitrogens is 3. The molecular formula is C12H16N4O. The van der Waals surface area contributed by atoms with Gasteiger partial charge < -0.3 is 15.4 Å². The van der Waals surface area contributed by atoms with E-state index in [2.05, 4.69) is 16.9 Å². The van der Waals surface area contributed by atoms with Crippen LogP contribution in [0, 0.1) is 0 Å². The van der Waals surface area contributed by atoms with E-state index in [-0.39, 0.29) is 0 Å². The number of nitrogens with zero attached hydrogens (tertiary/aromatic N) is 3. The van der Waals surface area contributed by atoms with Gasteiger partial charge in [-0.1, -0.05) is 6.92 Å². The summed E-state index contributed by atoms with van der Waals surface area (Å²) in [5.41, 5.74) is 7.72. The molecule has 3 N–H and O–H groups in total. The van der Waals surface area contributed by atoms with Crippen molar-refractivity contribution in [2.75, 3.05) is 5.73 Å². The second-order valence-corrected chi connectivity index (χ2v) is 3.92. The number of anilines is 1. The molecule has 2 rings (SSSR count). The Morgan fingerprint density at radius 3 is 2.94 bits per heavy atom. The van der Waals surface area contributed by atoms with Crippen molar-refractivity contribution in [3.8, 4) is 0 Å². The third kappa shape index (κ3) is 2.29. The topological polar surface area (TPSA) is 77.0 Å². The summed E-state index contributed by atoms with van der Waals surface area (Å²) < 4.78 is 1.93. The van der Waals surface area contributed by atoms with Crippen molar-refractivity contribution in [2.24, 2.45) is 0 Å². The van der Waals surface area contributed by atoms with Crippen LogP contribution < -0.4 is 5.73 Å². The van der Waals surface area contributed by atoms with Crippen molar-refractivity contribution in [3.63, 3.8) is 0 Å². The molecule has 90 valence electrons. The fourth-order valence-corrected chi connectivity index (χ4v) is 1.79. The van der Waals surface area contributed by atoms with E-state index in [9.17, 15) is 5.11 Å². The maximum absolute atomic E-state index is 10.3. The van der Waals surface area contributed by atoms with Gasteiger partial charge in [-0.15, -0.1) is 0 Å². The highest BCUT2D eigenvalue weighted by molar-refractivity contribution is 5.47. The molecule has 1 atom stereocenters. The van der Waals surface area contributed by atoms with E-state index in [4.69, 9.17) is 5.73 Å². The minimum absolute atomic E-state index is 0.539. The lowest BCUT2D eigenvalue weighted by Gasteiger charge is -2.14. The fraction of sp³-hybridized carbons (Fsp3) is 0.333. The summed E-state index contributed by atoms with van der Waals surface area (Å²) in [7, 11) is 0. The van der Waals surface area contributed by atoms with Gasteiger partial charge in [-0.25, -0.2) is 4.98 Å². The lowest BCUT2D eigenvalue weighted by molar-refractivity contribution is 0.210. The molecule has 0 spiro atoms. The van der Waals surface area contributed by atoms with Crippen LogP contribution in [0.2, 0.25) is 0 Å². The van der Waals surface area contributed by atoms with E-state index in [0.717, 1.165) is 18.7 Å². The first-order chi connectivity index (χ1) is 8.24. The largest absolute Gasteiger partial charge is 0.398 e. The van der Waals surface area contributed by atoms with Gasteiger partial charge in [0.05, 0.1) is 18.2 Å². The van der Waals surface area contributed by atoms with Crippen LogP contribution in [-0.4, -0.2) is 19.6 Å². The second kappa shape index (κ2) is 4.97. The standard InChI is InChI=1S/C12H16N4O/c1-2-5-16-8-15-7-11(16)12(17)9-6-14-4-3-10(9)13/h3-4,6-8,12,17H,2,5H2,1H3,(H2,13,14). The first-order valence-electron chi connectivity index (χ1n) is 5.61. The summed E-state index contributed by atoms with van der Waals surface area (Å²) in [5, 5.41) is 10.3. The molecule has 2 aromatic rings. The van der Waals surface area contributed by atoms with Crippen LogP contribution in [0.4, 0.5) is 5.69 Å². The molecule has 5 nitrogen and oxygen atoms in total. The van der Waals surface area contributed by atoms with Crippen molar-refractivity contribution < 1.29 is 5.11 Å². The Labute approximate surface area is 99.9 Å². The van der Waals surface area contributed by atoms with Crippen molar-refractivity contribution in [2.45, 2.75) is 26.0 Å². The summed E-state index contributed by atoms with van der Waals surface area (Å²) in [6.45, 7) is 2.90. The number of nitrogen functional groups attached to an aromatic ring is 1. The molecule has 5 heteroatoms. The van der Waals surface area contributed by atoms with Crippen molar-refractivity contribution in [1.29, 1.82) is 0 Å². The Hall–Kier alpha value is -1.88. The molecule has 2 heterocycles. The van der Waals surface area contributed by atoms with Gasteiger partial charge in [0, 0.05) is 30.2 Å². The Morgan fingerprint density at radius 1 is 1.41 bits per heavy atom. The van der Waals surface area contributed by atoms with Gasteiger partial charge >= 0.3 is 0 Å². The molecule has 0 fully saturated rings. The average molecular weight is 232 g/mol. The first kappa shape index (κ1) is 11.6. The molecule has 1 unspecified atom stereocenters. The Kier molecular flexibility index (Phi) is 3.39. The molecule has 0 radical (unpaired) electrons. The van der Waals surface area contributed by atoms with E-state index in [1.807, 2.05) is 4.57 Å². The summed E-state index contributed by atoms with van der Waals surface area (Å²) in [6.07, 6.45) is 6.77. The van der Waals surface area contributed by atoms with Crippen LogP contribution in [-0.2, 0) is 6.54 Å². The quantitative estimate of drug-likeness (QED) is 0.834. The van der Waals surface area contributed by atoms with Gasteiger partial charge in [-0.3, -0.25) is 4.98 Å².